The van der Waals surface area contributed by atoms with Gasteiger partial charge in [0.1, 0.15) is 60.3 Å². The van der Waals surface area contributed by atoms with Crippen LogP contribution in [0.1, 0.15) is 18.0 Å². The summed E-state index contributed by atoms with van der Waals surface area (Å²) in [4.78, 5) is 64.8. The van der Waals surface area contributed by atoms with E-state index in [1.165, 1.54) is 21.8 Å². The molecular weight excluding hydrogens is 904 g/mol. The van der Waals surface area contributed by atoms with E-state index in [4.69, 9.17) is 34.9 Å². The number of phosphoric acid groups is 4. The van der Waals surface area contributed by atoms with Crippen molar-refractivity contribution in [2.45, 2.75) is 61.8 Å². The van der Waals surface area contributed by atoms with Crippen molar-refractivity contribution in [2.24, 2.45) is 0 Å². The van der Waals surface area contributed by atoms with E-state index in [9.17, 15) is 48.0 Å². The number of aliphatic hydroxyl groups excluding tert-OH is 2. The second-order valence-corrected chi connectivity index (χ2v) is 19.5. The van der Waals surface area contributed by atoms with Gasteiger partial charge in [0.15, 0.2) is 41.7 Å². The SMILES string of the molecule is Nc1ncnc2c1ncn2[C@@H]1O[C@H](COP(=O)(O)OP(=O)(O)OP(=O)(O)OP(=O)(O)OC[C@H]2O[C@@H](n3cnc4c(N)ncnc43)[C@@H]3OC(Cc4ccccc4)O[C@@H]32)[C@@H](O)[C@H]1O. The number of hydrogen-bond acceptors (Lipinski definition) is 23. The summed E-state index contributed by atoms with van der Waals surface area (Å²) in [6.45, 7) is -1.97. The number of rotatable bonds is 16. The third-order valence-corrected chi connectivity index (χ3v) is 15.1. The number of nitrogens with zero attached hydrogens (tertiary/aromatic N) is 8. The van der Waals surface area contributed by atoms with E-state index in [0.717, 1.165) is 18.2 Å². The van der Waals surface area contributed by atoms with E-state index in [1.807, 2.05) is 30.3 Å². The van der Waals surface area contributed by atoms with Crippen LogP contribution in [0.2, 0.25) is 0 Å². The fourth-order valence-corrected chi connectivity index (χ4v) is 11.6. The lowest BCUT2D eigenvalue weighted by molar-refractivity contribution is -0.149. The third-order valence-electron chi connectivity index (χ3n) is 9.23. The number of hydrogen-bond donors (Lipinski definition) is 8. The second-order valence-electron chi connectivity index (χ2n) is 13.3. The van der Waals surface area contributed by atoms with Gasteiger partial charge in [0.25, 0.3) is 0 Å². The Morgan fingerprint density at radius 2 is 1.10 bits per heavy atom. The van der Waals surface area contributed by atoms with Crippen molar-refractivity contribution >= 4 is 65.3 Å². The summed E-state index contributed by atoms with van der Waals surface area (Å²) in [5.41, 5.74) is 13.3. The van der Waals surface area contributed by atoms with Crippen molar-refractivity contribution in [3.05, 3.63) is 61.2 Å². The molecule has 10 N–H and O–H groups in total. The standard InChI is InChI=1S/C28H34N10O19P4/c29-23-17-25(33-9-31-23)37(11-35-17)27-20(40)19(39)14(51-27)7-49-58(41,42)55-60(45,46)57-61(47,48)56-59(43,44)50-8-15-21-22(54-16(53-21)6-13-4-2-1-3-5-13)28(52-15)38-12-36-18-24(30)32-10-34-26(18)38/h1-5,9-12,14-16,19-22,27-28,39-40H,6-8H2,(H,41,42)(H,43,44)(H,45,46)(H,47,48)(H2,29,31,33)(H2,30,32,34)/t14-,15-,16?,19-,20-,21-,22-,27-,28-/m1/s1. The summed E-state index contributed by atoms with van der Waals surface area (Å²) in [5.74, 6) is 0.0661. The molecule has 0 amide bonds. The number of nitrogens with two attached hydrogens (primary N) is 2. The van der Waals surface area contributed by atoms with Gasteiger partial charge in [-0.2, -0.15) is 12.9 Å². The summed E-state index contributed by atoms with van der Waals surface area (Å²) in [6.07, 6.45) is -6.42. The molecule has 7 heterocycles. The molecule has 33 heteroatoms. The van der Waals surface area contributed by atoms with Crippen LogP contribution >= 0.6 is 31.3 Å². The van der Waals surface area contributed by atoms with Crippen molar-refractivity contribution in [3.63, 3.8) is 0 Å². The number of aromatic nitrogens is 8. The highest BCUT2D eigenvalue weighted by atomic mass is 31.3. The topological polar surface area (TPSA) is 412 Å². The molecule has 29 nitrogen and oxygen atoms in total. The minimum absolute atomic E-state index is 0.00489. The molecule has 5 aromatic rings. The van der Waals surface area contributed by atoms with Gasteiger partial charge in [-0.25, -0.2) is 48.2 Å². The molecule has 61 heavy (non-hydrogen) atoms. The molecule has 5 unspecified atom stereocenters. The lowest BCUT2D eigenvalue weighted by Crippen LogP contribution is -2.33. The molecule has 4 aromatic heterocycles. The van der Waals surface area contributed by atoms with Crippen LogP contribution in [0.25, 0.3) is 22.3 Å². The van der Waals surface area contributed by atoms with Crippen molar-refractivity contribution < 1.29 is 89.0 Å². The Balaban J connectivity index is 0.877. The molecule has 330 valence electrons. The van der Waals surface area contributed by atoms with Gasteiger partial charge >= 0.3 is 31.3 Å². The van der Waals surface area contributed by atoms with E-state index < -0.39 is 99.9 Å². The van der Waals surface area contributed by atoms with Gasteiger partial charge < -0.3 is 60.2 Å². The molecule has 3 aliphatic heterocycles. The van der Waals surface area contributed by atoms with Gasteiger partial charge in [0.2, 0.25) is 0 Å². The number of anilines is 2. The first-order chi connectivity index (χ1) is 28.8. The number of ether oxygens (including phenoxy) is 4. The molecule has 0 bridgehead atoms. The Kier molecular flexibility index (Phi) is 12.0. The Labute approximate surface area is 340 Å². The van der Waals surface area contributed by atoms with Gasteiger partial charge in [-0.15, -0.1) is 0 Å². The number of benzene rings is 1. The molecule has 0 radical (unpaired) electrons. The fraction of sp³-hybridized carbons (Fsp3) is 0.429. The summed E-state index contributed by atoms with van der Waals surface area (Å²) >= 11 is 0. The van der Waals surface area contributed by atoms with Crippen molar-refractivity contribution in [1.82, 2.24) is 39.0 Å². The zero-order valence-electron chi connectivity index (χ0n) is 30.5. The van der Waals surface area contributed by atoms with Gasteiger partial charge in [-0.1, -0.05) is 30.3 Å². The zero-order chi connectivity index (χ0) is 43.5. The van der Waals surface area contributed by atoms with Gasteiger partial charge in [0.05, 0.1) is 25.9 Å². The molecule has 1 aromatic carbocycles. The predicted octanol–water partition coefficient (Wildman–Crippen LogP) is 0.185. The number of phosphoric ester groups is 2. The van der Waals surface area contributed by atoms with E-state index in [1.54, 1.807) is 0 Å². The minimum Gasteiger partial charge on any atom is -0.387 e. The van der Waals surface area contributed by atoms with Crippen LogP contribution in [-0.2, 0) is 65.6 Å². The van der Waals surface area contributed by atoms with Gasteiger partial charge in [-0.05, 0) is 5.56 Å². The number of fused-ring (bicyclic) bond motifs is 3. The summed E-state index contributed by atoms with van der Waals surface area (Å²) < 4.78 is 98.8. The van der Waals surface area contributed by atoms with E-state index in [0.29, 0.717) is 0 Å². The average Bonchev–Trinajstić information content (AvgIpc) is 4.00. The van der Waals surface area contributed by atoms with Crippen LogP contribution < -0.4 is 11.5 Å². The highest BCUT2D eigenvalue weighted by molar-refractivity contribution is 7.69. The molecule has 0 spiro atoms. The Hall–Kier alpha value is -3.76. The minimum atomic E-state index is -6.19. The summed E-state index contributed by atoms with van der Waals surface area (Å²) in [5, 5.41) is 21.1. The van der Waals surface area contributed by atoms with Crippen molar-refractivity contribution in [1.29, 1.82) is 0 Å². The Morgan fingerprint density at radius 3 is 1.67 bits per heavy atom. The zero-order valence-corrected chi connectivity index (χ0v) is 34.1. The van der Waals surface area contributed by atoms with Crippen LogP contribution in [0.3, 0.4) is 0 Å². The fourth-order valence-electron chi connectivity index (χ4n) is 6.67. The average molecular weight is 939 g/mol. The first-order valence-corrected chi connectivity index (χ1v) is 23.4. The van der Waals surface area contributed by atoms with Crippen LogP contribution in [0.4, 0.5) is 11.6 Å². The van der Waals surface area contributed by atoms with Crippen molar-refractivity contribution in [3.8, 4) is 0 Å². The molecule has 3 saturated heterocycles. The predicted molar refractivity (Wildman–Crippen MR) is 197 cm³/mol. The Morgan fingerprint density at radius 1 is 0.607 bits per heavy atom. The van der Waals surface area contributed by atoms with E-state index in [-0.39, 0.29) is 40.4 Å². The van der Waals surface area contributed by atoms with Gasteiger partial charge in [0, 0.05) is 6.42 Å². The molecule has 0 aliphatic carbocycles. The van der Waals surface area contributed by atoms with Crippen LogP contribution in [0, 0.1) is 0 Å². The largest absolute Gasteiger partial charge is 0.490 e. The number of imidazole rings is 2. The number of nitrogen functional groups attached to an aromatic ring is 2. The lowest BCUT2D eigenvalue weighted by Gasteiger charge is -2.23. The highest BCUT2D eigenvalue weighted by Gasteiger charge is 2.55. The smallest absolute Gasteiger partial charge is 0.387 e. The summed E-state index contributed by atoms with van der Waals surface area (Å²) in [7, 11) is -23.9. The second kappa shape index (κ2) is 16.7. The Bertz CT molecular complexity index is 2610. The normalized spacial score (nSPS) is 30.5. The maximum Gasteiger partial charge on any atom is 0.490 e. The van der Waals surface area contributed by atoms with E-state index >= 15 is 0 Å². The quantitative estimate of drug-likeness (QED) is 0.0612. The monoisotopic (exact) mass is 938 g/mol. The molecule has 0 saturated carbocycles. The van der Waals surface area contributed by atoms with Gasteiger partial charge in [-0.3, -0.25) is 18.2 Å². The van der Waals surface area contributed by atoms with Crippen LogP contribution in [-0.4, -0.2) is 125 Å². The van der Waals surface area contributed by atoms with Crippen LogP contribution in [0.5, 0.6) is 0 Å². The highest BCUT2D eigenvalue weighted by Crippen LogP contribution is 2.71. The van der Waals surface area contributed by atoms with Crippen LogP contribution in [0.15, 0.2) is 55.6 Å². The maximum atomic E-state index is 12.9. The lowest BCUT2D eigenvalue weighted by atomic mass is 10.1. The molecular formula is C28H34N10O19P4. The molecule has 8 rings (SSSR count). The van der Waals surface area contributed by atoms with E-state index in [2.05, 4.69) is 47.4 Å². The summed E-state index contributed by atoms with van der Waals surface area (Å²) in [6, 6.07) is 9.13. The molecule has 3 aliphatic rings. The molecule has 13 atom stereocenters. The third kappa shape index (κ3) is 9.46. The number of aliphatic hydroxyl groups is 2. The molecule has 3 fully saturated rings. The first-order valence-electron chi connectivity index (χ1n) is 17.4. The van der Waals surface area contributed by atoms with Crippen molar-refractivity contribution in [2.75, 3.05) is 24.7 Å². The first kappa shape index (κ1) is 43.9. The maximum absolute atomic E-state index is 12.9.